The van der Waals surface area contributed by atoms with E-state index in [2.05, 4.69) is 9.82 Å². The van der Waals surface area contributed by atoms with Crippen LogP contribution in [0.2, 0.25) is 0 Å². The first-order valence-electron chi connectivity index (χ1n) is 12.2. The van der Waals surface area contributed by atoms with Gasteiger partial charge in [0, 0.05) is 17.5 Å². The lowest BCUT2D eigenvalue weighted by molar-refractivity contribution is -0.231. The Balaban J connectivity index is 1.85. The maximum atomic E-state index is 13.8. The molecule has 0 spiro atoms. The number of nitrogens with zero attached hydrogens (tertiary/aromatic N) is 3. The summed E-state index contributed by atoms with van der Waals surface area (Å²) in [5.74, 6) is -5.20. The summed E-state index contributed by atoms with van der Waals surface area (Å²) in [5.41, 5.74) is -5.23. The van der Waals surface area contributed by atoms with Crippen LogP contribution in [0.5, 0.6) is 0 Å². The zero-order valence-electron chi connectivity index (χ0n) is 21.7. The lowest BCUT2D eigenvalue weighted by Gasteiger charge is -2.29. The number of amides is 3. The third-order valence-electron chi connectivity index (χ3n) is 6.42. The number of carbonyl (C=O) groups is 3. The minimum atomic E-state index is -5.78. The number of hydrogen-bond acceptors (Lipinski definition) is 7. The standard InChI is InChI=1S/C26H21F6N3O6S/c1-14(2)13-19(17-11-12-33-20-6-4-3-5-18(17)20)21-22(36)34(24(38)35(21)41-23(37)25(27,28)29)15-7-9-16(10-8-15)42(39,40)26(30,31)32/h3-12,14,19,21H,13H2,1-2H3/t19-,21-/m1/s1. The van der Waals surface area contributed by atoms with Crippen molar-refractivity contribution in [3.63, 3.8) is 0 Å². The number of carbonyl (C=O) groups excluding carboxylic acids is 3. The van der Waals surface area contributed by atoms with E-state index in [4.69, 9.17) is 0 Å². The number of alkyl halides is 6. The molecule has 1 aliphatic heterocycles. The Kier molecular flexibility index (Phi) is 7.97. The third-order valence-corrected chi connectivity index (χ3v) is 7.92. The second-order valence-electron chi connectivity index (χ2n) is 9.70. The van der Waals surface area contributed by atoms with Gasteiger partial charge in [-0.25, -0.2) is 22.9 Å². The van der Waals surface area contributed by atoms with Gasteiger partial charge in [0.15, 0.2) is 6.04 Å². The Morgan fingerprint density at radius 1 is 0.976 bits per heavy atom. The molecule has 1 fully saturated rings. The van der Waals surface area contributed by atoms with Gasteiger partial charge in [-0.3, -0.25) is 9.78 Å². The van der Waals surface area contributed by atoms with E-state index in [0.29, 0.717) is 45.6 Å². The molecule has 0 bridgehead atoms. The molecule has 42 heavy (non-hydrogen) atoms. The molecule has 2 heterocycles. The molecule has 1 aliphatic rings. The van der Waals surface area contributed by atoms with E-state index >= 15 is 0 Å². The second kappa shape index (κ2) is 10.9. The topological polar surface area (TPSA) is 114 Å². The van der Waals surface area contributed by atoms with Crippen LogP contribution in [0.15, 0.2) is 65.7 Å². The third kappa shape index (κ3) is 5.62. The first-order chi connectivity index (χ1) is 19.4. The number of aromatic nitrogens is 1. The van der Waals surface area contributed by atoms with E-state index in [9.17, 15) is 49.1 Å². The summed E-state index contributed by atoms with van der Waals surface area (Å²) < 4.78 is 102. The molecule has 9 nitrogen and oxygen atoms in total. The van der Waals surface area contributed by atoms with Gasteiger partial charge in [-0.2, -0.15) is 26.3 Å². The van der Waals surface area contributed by atoms with Crippen molar-refractivity contribution in [2.75, 3.05) is 4.90 Å². The van der Waals surface area contributed by atoms with Gasteiger partial charge in [0.1, 0.15) is 0 Å². The maximum Gasteiger partial charge on any atom is 0.501 e. The molecule has 3 amide bonds. The molecular weight excluding hydrogens is 596 g/mol. The van der Waals surface area contributed by atoms with Crippen molar-refractivity contribution < 1.29 is 54.0 Å². The van der Waals surface area contributed by atoms with Crippen LogP contribution in [-0.4, -0.2) is 54.1 Å². The average Bonchev–Trinajstić information content (AvgIpc) is 3.14. The number of hydroxylamine groups is 2. The summed E-state index contributed by atoms with van der Waals surface area (Å²) in [7, 11) is -5.78. The van der Waals surface area contributed by atoms with E-state index in [1.54, 1.807) is 38.1 Å². The largest absolute Gasteiger partial charge is 0.501 e. The number of benzene rings is 2. The number of hydrogen-bond donors (Lipinski definition) is 0. The van der Waals surface area contributed by atoms with Crippen molar-refractivity contribution >= 4 is 44.3 Å². The number of halogens is 6. The highest BCUT2D eigenvalue weighted by Gasteiger charge is 2.55. The van der Waals surface area contributed by atoms with Gasteiger partial charge in [0.05, 0.1) is 16.1 Å². The molecule has 1 saturated heterocycles. The van der Waals surface area contributed by atoms with Crippen molar-refractivity contribution in [3.8, 4) is 0 Å². The predicted octanol–water partition coefficient (Wildman–Crippen LogP) is 5.52. The Morgan fingerprint density at radius 3 is 2.17 bits per heavy atom. The number of anilines is 1. The number of para-hydroxylation sites is 1. The predicted molar refractivity (Wildman–Crippen MR) is 134 cm³/mol. The number of sulfone groups is 1. The normalized spacial score (nSPS) is 17.3. The second-order valence-corrected chi connectivity index (χ2v) is 11.6. The molecule has 1 aromatic heterocycles. The molecule has 0 radical (unpaired) electrons. The van der Waals surface area contributed by atoms with E-state index < -0.39 is 62.0 Å². The molecule has 0 aliphatic carbocycles. The monoisotopic (exact) mass is 617 g/mol. The zero-order valence-corrected chi connectivity index (χ0v) is 22.5. The molecule has 4 rings (SSSR count). The fraction of sp³-hybridized carbons (Fsp3) is 0.308. The van der Waals surface area contributed by atoms with Crippen molar-refractivity contribution in [3.05, 3.63) is 66.4 Å². The highest BCUT2D eigenvalue weighted by Crippen LogP contribution is 2.40. The van der Waals surface area contributed by atoms with Gasteiger partial charge in [-0.15, -0.1) is 5.06 Å². The molecule has 2 aromatic carbocycles. The number of pyridine rings is 1. The Labute approximate surface area is 234 Å². The van der Waals surface area contributed by atoms with Gasteiger partial charge < -0.3 is 4.84 Å². The van der Waals surface area contributed by atoms with Crippen LogP contribution >= 0.6 is 0 Å². The summed E-state index contributed by atoms with van der Waals surface area (Å²) in [6.45, 7) is 3.50. The number of urea groups is 1. The van der Waals surface area contributed by atoms with Gasteiger partial charge >= 0.3 is 23.7 Å². The number of rotatable bonds is 7. The quantitative estimate of drug-likeness (QED) is 0.254. The highest BCUT2D eigenvalue weighted by molar-refractivity contribution is 7.92. The number of fused-ring (bicyclic) bond motifs is 1. The van der Waals surface area contributed by atoms with Gasteiger partial charge in [0.25, 0.3) is 15.7 Å². The van der Waals surface area contributed by atoms with Crippen molar-refractivity contribution in [1.82, 2.24) is 10.0 Å². The molecule has 2 atom stereocenters. The van der Waals surface area contributed by atoms with Crippen LogP contribution in [0.1, 0.15) is 31.7 Å². The summed E-state index contributed by atoms with van der Waals surface area (Å²) in [6, 6.07) is 7.16. The van der Waals surface area contributed by atoms with E-state index in [1.807, 2.05) is 0 Å². The minimum absolute atomic E-state index is 0.000768. The summed E-state index contributed by atoms with van der Waals surface area (Å²) in [4.78, 5) is 46.8. The van der Waals surface area contributed by atoms with Gasteiger partial charge in [-0.1, -0.05) is 32.0 Å². The van der Waals surface area contributed by atoms with Gasteiger partial charge in [-0.05, 0) is 54.3 Å². The fourth-order valence-electron chi connectivity index (χ4n) is 4.64. The lowest BCUT2D eigenvalue weighted by atomic mass is 9.82. The van der Waals surface area contributed by atoms with Crippen molar-refractivity contribution in [1.29, 1.82) is 0 Å². The molecular formula is C26H21F6N3O6S. The molecule has 0 saturated carbocycles. The molecule has 224 valence electrons. The Hall–Kier alpha value is -4.21. The van der Waals surface area contributed by atoms with Gasteiger partial charge in [0.2, 0.25) is 0 Å². The molecule has 0 N–H and O–H groups in total. The minimum Gasteiger partial charge on any atom is -0.327 e. The van der Waals surface area contributed by atoms with Crippen LogP contribution < -0.4 is 4.90 Å². The zero-order chi connectivity index (χ0) is 31.2. The van der Waals surface area contributed by atoms with Crippen molar-refractivity contribution in [2.45, 2.75) is 48.8 Å². The number of imide groups is 1. The van der Waals surface area contributed by atoms with Crippen molar-refractivity contribution in [2.24, 2.45) is 5.92 Å². The maximum absolute atomic E-state index is 13.8. The smallest absolute Gasteiger partial charge is 0.327 e. The van der Waals surface area contributed by atoms with Crippen LogP contribution in [0.4, 0.5) is 36.8 Å². The van der Waals surface area contributed by atoms with E-state index in [0.717, 1.165) is 0 Å². The van der Waals surface area contributed by atoms with E-state index in [1.165, 1.54) is 12.3 Å². The summed E-state index contributed by atoms with van der Waals surface area (Å²) in [6.07, 6.45) is -4.05. The first-order valence-corrected chi connectivity index (χ1v) is 13.6. The fourth-order valence-corrected chi connectivity index (χ4v) is 5.40. The van der Waals surface area contributed by atoms with Crippen LogP contribution in [-0.2, 0) is 24.3 Å². The van der Waals surface area contributed by atoms with Crippen LogP contribution in [0.25, 0.3) is 10.9 Å². The Bertz CT molecular complexity index is 1640. The van der Waals surface area contributed by atoms with Crippen LogP contribution in [0.3, 0.4) is 0 Å². The summed E-state index contributed by atoms with van der Waals surface area (Å²) >= 11 is 0. The Morgan fingerprint density at radius 2 is 1.60 bits per heavy atom. The SMILES string of the molecule is CC(C)C[C@H](c1ccnc2ccccc12)[C@@H]1C(=O)N(c2ccc(S(=O)(=O)C(F)(F)F)cc2)C(=O)N1OC(=O)C(F)(F)F. The van der Waals surface area contributed by atoms with E-state index in [-0.39, 0.29) is 17.4 Å². The first kappa shape index (κ1) is 30.7. The molecule has 16 heteroatoms. The summed E-state index contributed by atoms with van der Waals surface area (Å²) in [5, 5.41) is 0.508. The molecule has 3 aromatic rings. The van der Waals surface area contributed by atoms with Crippen LogP contribution in [0, 0.1) is 5.92 Å². The average molecular weight is 618 g/mol. The highest BCUT2D eigenvalue weighted by atomic mass is 32.2. The molecule has 0 unspecified atom stereocenters. The lowest BCUT2D eigenvalue weighted by Crippen LogP contribution is -2.44.